The maximum Gasteiger partial charge on any atom is 0.255 e. The van der Waals surface area contributed by atoms with E-state index in [0.29, 0.717) is 34.5 Å². The van der Waals surface area contributed by atoms with Gasteiger partial charge < -0.3 is 4.90 Å². The quantitative estimate of drug-likeness (QED) is 0.599. The summed E-state index contributed by atoms with van der Waals surface area (Å²) >= 11 is 6.10. The number of hydrogen-bond acceptors (Lipinski definition) is 6. The SMILES string of the molecule is Cc1cc(C(=O)C2CCCN(c3nc(-c4ccncn4)cc(=O)n3C)C2)ccc1Cl. The molecule has 0 aliphatic carbocycles. The van der Waals surface area contributed by atoms with E-state index in [1.807, 2.05) is 17.9 Å². The monoisotopic (exact) mass is 423 g/mol. The molecule has 1 saturated heterocycles. The van der Waals surface area contributed by atoms with Gasteiger partial charge in [0.05, 0.1) is 11.4 Å². The third-order valence-corrected chi connectivity index (χ3v) is 5.90. The van der Waals surface area contributed by atoms with Crippen molar-refractivity contribution in [2.24, 2.45) is 13.0 Å². The fourth-order valence-corrected chi connectivity index (χ4v) is 3.91. The molecule has 1 aliphatic rings. The van der Waals surface area contributed by atoms with Crippen LogP contribution in [-0.2, 0) is 7.05 Å². The molecule has 1 fully saturated rings. The molecular formula is C22H22ClN5O2. The molecule has 4 rings (SSSR count). The van der Waals surface area contributed by atoms with E-state index >= 15 is 0 Å². The van der Waals surface area contributed by atoms with Gasteiger partial charge in [-0.1, -0.05) is 11.6 Å². The smallest absolute Gasteiger partial charge is 0.255 e. The fraction of sp³-hybridized carbons (Fsp3) is 0.318. The zero-order valence-electron chi connectivity index (χ0n) is 16.9. The molecule has 7 nitrogen and oxygen atoms in total. The summed E-state index contributed by atoms with van der Waals surface area (Å²) in [7, 11) is 1.70. The summed E-state index contributed by atoms with van der Waals surface area (Å²) < 4.78 is 1.52. The summed E-state index contributed by atoms with van der Waals surface area (Å²) in [6, 6.07) is 8.57. The van der Waals surface area contributed by atoms with Crippen LogP contribution in [0.25, 0.3) is 11.4 Å². The molecule has 8 heteroatoms. The van der Waals surface area contributed by atoms with E-state index in [2.05, 4.69) is 15.0 Å². The van der Waals surface area contributed by atoms with Gasteiger partial charge in [0.1, 0.15) is 6.33 Å². The van der Waals surface area contributed by atoms with E-state index in [-0.39, 0.29) is 17.3 Å². The van der Waals surface area contributed by atoms with Gasteiger partial charge in [-0.25, -0.2) is 15.0 Å². The summed E-state index contributed by atoms with van der Waals surface area (Å²) in [4.78, 5) is 40.5. The third-order valence-electron chi connectivity index (χ3n) is 5.47. The number of benzene rings is 1. The lowest BCUT2D eigenvalue weighted by atomic mass is 9.89. The van der Waals surface area contributed by atoms with Crippen LogP contribution >= 0.6 is 11.6 Å². The predicted molar refractivity (Wildman–Crippen MR) is 116 cm³/mol. The molecule has 0 saturated carbocycles. The van der Waals surface area contributed by atoms with Gasteiger partial charge in [0, 0.05) is 48.9 Å². The molecule has 1 aliphatic heterocycles. The normalized spacial score (nSPS) is 16.5. The molecule has 0 amide bonds. The number of carbonyl (C=O) groups excluding carboxylic acids is 1. The summed E-state index contributed by atoms with van der Waals surface area (Å²) in [6.45, 7) is 3.13. The summed E-state index contributed by atoms with van der Waals surface area (Å²) in [5, 5.41) is 0.651. The van der Waals surface area contributed by atoms with Crippen LogP contribution in [0.4, 0.5) is 5.95 Å². The molecule has 2 aromatic heterocycles. The Labute approximate surface area is 179 Å². The summed E-state index contributed by atoms with van der Waals surface area (Å²) in [6.07, 6.45) is 4.69. The van der Waals surface area contributed by atoms with Gasteiger partial charge in [-0.05, 0) is 49.6 Å². The molecule has 0 bridgehead atoms. The Kier molecular flexibility index (Phi) is 5.63. The van der Waals surface area contributed by atoms with Crippen molar-refractivity contribution in [3.8, 4) is 11.4 Å². The minimum atomic E-state index is -0.171. The van der Waals surface area contributed by atoms with Crippen molar-refractivity contribution in [2.45, 2.75) is 19.8 Å². The van der Waals surface area contributed by atoms with E-state index in [1.165, 1.54) is 17.0 Å². The highest BCUT2D eigenvalue weighted by Crippen LogP contribution is 2.26. The molecule has 0 N–H and O–H groups in total. The predicted octanol–water partition coefficient (Wildman–Crippen LogP) is 3.30. The average Bonchev–Trinajstić information content (AvgIpc) is 2.77. The largest absolute Gasteiger partial charge is 0.341 e. The third kappa shape index (κ3) is 3.98. The first-order valence-corrected chi connectivity index (χ1v) is 10.2. The molecule has 0 spiro atoms. The van der Waals surface area contributed by atoms with E-state index in [9.17, 15) is 9.59 Å². The molecule has 3 aromatic rings. The number of aryl methyl sites for hydroxylation is 1. The Balaban J connectivity index is 1.63. The average molecular weight is 424 g/mol. The van der Waals surface area contributed by atoms with Crippen LogP contribution in [0.1, 0.15) is 28.8 Å². The molecule has 0 radical (unpaired) electrons. The van der Waals surface area contributed by atoms with Crippen molar-refractivity contribution >= 4 is 23.3 Å². The number of aromatic nitrogens is 4. The van der Waals surface area contributed by atoms with E-state index in [0.717, 1.165) is 24.9 Å². The van der Waals surface area contributed by atoms with Crippen LogP contribution in [0.5, 0.6) is 0 Å². The number of carbonyl (C=O) groups is 1. The van der Waals surface area contributed by atoms with E-state index < -0.39 is 0 Å². The zero-order valence-corrected chi connectivity index (χ0v) is 17.6. The lowest BCUT2D eigenvalue weighted by molar-refractivity contribution is 0.0906. The van der Waals surface area contributed by atoms with Crippen LogP contribution in [0.2, 0.25) is 5.02 Å². The Bertz CT molecular complexity index is 1150. The lowest BCUT2D eigenvalue weighted by Crippen LogP contribution is -2.42. The molecule has 30 heavy (non-hydrogen) atoms. The first-order chi connectivity index (χ1) is 14.4. The standard InChI is InChI=1S/C22H22ClN5O2/c1-14-10-15(5-6-17(14)23)21(30)16-4-3-9-28(12-16)22-26-19(11-20(29)27(22)2)18-7-8-24-13-25-18/h5-8,10-11,13,16H,3-4,9,12H2,1-2H3. The number of nitrogens with zero attached hydrogens (tertiary/aromatic N) is 5. The number of Topliss-reactive ketones (excluding diaryl/α,β-unsaturated/α-hetero) is 1. The van der Waals surface area contributed by atoms with Gasteiger partial charge in [0.25, 0.3) is 5.56 Å². The van der Waals surface area contributed by atoms with Gasteiger partial charge in [0.2, 0.25) is 5.95 Å². The number of rotatable bonds is 4. The number of halogens is 1. The highest BCUT2D eigenvalue weighted by molar-refractivity contribution is 6.31. The second-order valence-corrected chi connectivity index (χ2v) is 7.95. The van der Waals surface area contributed by atoms with Gasteiger partial charge in [-0.3, -0.25) is 14.2 Å². The highest BCUT2D eigenvalue weighted by atomic mass is 35.5. The van der Waals surface area contributed by atoms with Gasteiger partial charge in [-0.2, -0.15) is 0 Å². The Morgan fingerprint density at radius 1 is 1.20 bits per heavy atom. The van der Waals surface area contributed by atoms with Gasteiger partial charge in [0.15, 0.2) is 5.78 Å². The van der Waals surface area contributed by atoms with Gasteiger partial charge >= 0.3 is 0 Å². The van der Waals surface area contributed by atoms with E-state index in [1.54, 1.807) is 31.4 Å². The highest BCUT2D eigenvalue weighted by Gasteiger charge is 2.29. The summed E-state index contributed by atoms with van der Waals surface area (Å²) in [5.41, 5.74) is 2.47. The Morgan fingerprint density at radius 3 is 2.77 bits per heavy atom. The number of hydrogen-bond donors (Lipinski definition) is 0. The van der Waals surface area contributed by atoms with Crippen molar-refractivity contribution in [2.75, 3.05) is 18.0 Å². The number of ketones is 1. The first kappa shape index (κ1) is 20.2. The van der Waals surface area contributed by atoms with Crippen molar-refractivity contribution in [1.82, 2.24) is 19.5 Å². The Morgan fingerprint density at radius 2 is 2.03 bits per heavy atom. The van der Waals surface area contributed by atoms with Crippen LogP contribution in [0, 0.1) is 12.8 Å². The van der Waals surface area contributed by atoms with Crippen LogP contribution < -0.4 is 10.5 Å². The molecule has 154 valence electrons. The maximum absolute atomic E-state index is 13.1. The van der Waals surface area contributed by atoms with Crippen LogP contribution in [0.15, 0.2) is 47.7 Å². The second kappa shape index (κ2) is 8.36. The first-order valence-electron chi connectivity index (χ1n) is 9.84. The van der Waals surface area contributed by atoms with Crippen LogP contribution in [-0.4, -0.2) is 38.4 Å². The van der Waals surface area contributed by atoms with E-state index in [4.69, 9.17) is 11.6 Å². The van der Waals surface area contributed by atoms with Crippen molar-refractivity contribution in [1.29, 1.82) is 0 Å². The minimum Gasteiger partial charge on any atom is -0.341 e. The number of anilines is 1. The summed E-state index contributed by atoms with van der Waals surface area (Å²) in [5.74, 6) is 0.469. The zero-order chi connectivity index (χ0) is 21.3. The molecule has 3 heterocycles. The second-order valence-electron chi connectivity index (χ2n) is 7.55. The van der Waals surface area contributed by atoms with Crippen LogP contribution in [0.3, 0.4) is 0 Å². The number of piperidine rings is 1. The van der Waals surface area contributed by atoms with Gasteiger partial charge in [-0.15, -0.1) is 0 Å². The molecule has 1 atom stereocenters. The molecule has 1 aromatic carbocycles. The maximum atomic E-state index is 13.1. The molecular weight excluding hydrogens is 402 g/mol. The topological polar surface area (TPSA) is 81.0 Å². The fourth-order valence-electron chi connectivity index (χ4n) is 3.79. The minimum absolute atomic E-state index is 0.0939. The lowest BCUT2D eigenvalue weighted by Gasteiger charge is -2.33. The Hall–Kier alpha value is -3.06. The van der Waals surface area contributed by atoms with Crippen molar-refractivity contribution in [3.63, 3.8) is 0 Å². The van der Waals surface area contributed by atoms with Crippen molar-refractivity contribution in [3.05, 3.63) is 69.4 Å². The van der Waals surface area contributed by atoms with Crippen molar-refractivity contribution < 1.29 is 4.79 Å². The molecule has 1 unspecified atom stereocenters.